The highest BCUT2D eigenvalue weighted by atomic mass is 19.1. The van der Waals surface area contributed by atoms with Crippen LogP contribution in [0, 0.1) is 5.82 Å². The maximum Gasteiger partial charge on any atom is 0.184 e. The van der Waals surface area contributed by atoms with Gasteiger partial charge in [-0.15, -0.1) is 0 Å². The Morgan fingerprint density at radius 3 is 2.82 bits per heavy atom. The van der Waals surface area contributed by atoms with Crippen LogP contribution in [0.2, 0.25) is 0 Å². The molecule has 0 aliphatic carbocycles. The van der Waals surface area contributed by atoms with Gasteiger partial charge in [-0.05, 0) is 30.3 Å². The van der Waals surface area contributed by atoms with E-state index >= 15 is 0 Å². The Hall–Kier alpha value is -4.07. The number of anilines is 2. The van der Waals surface area contributed by atoms with Crippen molar-refractivity contribution in [3.63, 3.8) is 0 Å². The smallest absolute Gasteiger partial charge is 0.184 e. The van der Waals surface area contributed by atoms with Crippen molar-refractivity contribution in [3.8, 4) is 11.4 Å². The van der Waals surface area contributed by atoms with E-state index in [1.165, 1.54) is 0 Å². The second-order valence-electron chi connectivity index (χ2n) is 6.33. The summed E-state index contributed by atoms with van der Waals surface area (Å²) in [5, 5.41) is 11.6. The van der Waals surface area contributed by atoms with Gasteiger partial charge >= 0.3 is 0 Å². The molecule has 0 aliphatic heterocycles. The van der Waals surface area contributed by atoms with Gasteiger partial charge in [0.05, 0.1) is 23.6 Å². The number of aromatic amines is 2. The van der Waals surface area contributed by atoms with E-state index < -0.39 is 5.82 Å². The number of aldehydes is 1. The number of halogens is 1. The van der Waals surface area contributed by atoms with Crippen LogP contribution in [-0.2, 0) is 0 Å². The molecule has 8 heteroatoms. The molecule has 28 heavy (non-hydrogen) atoms. The quantitative estimate of drug-likeness (QED) is 0.411. The summed E-state index contributed by atoms with van der Waals surface area (Å²) in [5.41, 5.74) is 3.56. The van der Waals surface area contributed by atoms with Gasteiger partial charge in [0.2, 0.25) is 0 Å². The number of carbonyl (C=O) groups excluding carboxylic acids is 1. The number of fused-ring (bicyclic) bond motifs is 2. The lowest BCUT2D eigenvalue weighted by atomic mass is 10.1. The number of carbonyl (C=O) groups is 1. The average Bonchev–Trinajstić information content (AvgIpc) is 3.34. The molecule has 0 radical (unpaired) electrons. The Labute approximate surface area is 157 Å². The zero-order chi connectivity index (χ0) is 19.1. The summed E-state index contributed by atoms with van der Waals surface area (Å²) in [6.07, 6.45) is 3.59. The molecule has 3 heterocycles. The van der Waals surface area contributed by atoms with Gasteiger partial charge in [0.25, 0.3) is 0 Å². The molecule has 0 spiro atoms. The molecule has 136 valence electrons. The van der Waals surface area contributed by atoms with Gasteiger partial charge in [-0.25, -0.2) is 14.4 Å². The molecule has 0 bridgehead atoms. The van der Waals surface area contributed by atoms with Gasteiger partial charge < -0.3 is 10.3 Å². The monoisotopic (exact) mass is 372 g/mol. The second kappa shape index (κ2) is 6.27. The molecule has 7 nitrogen and oxygen atoms in total. The molecule has 0 atom stereocenters. The number of hydrogen-bond acceptors (Lipinski definition) is 5. The number of H-pyrrole nitrogens is 2. The standard InChI is InChI=1S/C20H13FN6O/c21-16-9-22-19(12-2-1-11-5-15(10-28)24-18(11)7-12)26-20(16)25-14-3-4-17-13(6-14)8-23-27-17/h1-10,24H,(H,23,27)(H,22,25,26). The lowest BCUT2D eigenvalue weighted by Gasteiger charge is -2.08. The Balaban J connectivity index is 1.52. The Kier molecular flexibility index (Phi) is 3.61. The number of nitrogens with zero attached hydrogens (tertiary/aromatic N) is 3. The van der Waals surface area contributed by atoms with Crippen molar-refractivity contribution in [2.24, 2.45) is 0 Å². The van der Waals surface area contributed by atoms with E-state index in [-0.39, 0.29) is 5.82 Å². The third-order valence-corrected chi connectivity index (χ3v) is 4.48. The maximum absolute atomic E-state index is 14.3. The van der Waals surface area contributed by atoms with E-state index in [2.05, 4.69) is 30.5 Å². The minimum absolute atomic E-state index is 0.0769. The zero-order valence-corrected chi connectivity index (χ0v) is 14.4. The number of aromatic nitrogens is 5. The normalized spacial score (nSPS) is 11.2. The highest BCUT2D eigenvalue weighted by Crippen LogP contribution is 2.26. The Bertz CT molecular complexity index is 1340. The molecule has 0 saturated heterocycles. The van der Waals surface area contributed by atoms with Crippen molar-refractivity contribution < 1.29 is 9.18 Å². The van der Waals surface area contributed by atoms with Crippen LogP contribution in [-0.4, -0.2) is 31.4 Å². The molecule has 3 aromatic heterocycles. The van der Waals surface area contributed by atoms with Crippen molar-refractivity contribution in [3.05, 3.63) is 66.4 Å². The second-order valence-corrected chi connectivity index (χ2v) is 6.33. The predicted octanol–water partition coefficient (Wildman–Crippen LogP) is 4.20. The first-order chi connectivity index (χ1) is 13.7. The molecule has 5 aromatic rings. The predicted molar refractivity (Wildman–Crippen MR) is 104 cm³/mol. The van der Waals surface area contributed by atoms with Crippen molar-refractivity contribution in [2.75, 3.05) is 5.32 Å². The fourth-order valence-electron chi connectivity index (χ4n) is 3.10. The maximum atomic E-state index is 14.3. The number of rotatable bonds is 4. The first-order valence-electron chi connectivity index (χ1n) is 8.50. The van der Waals surface area contributed by atoms with Crippen LogP contribution in [0.1, 0.15) is 10.5 Å². The minimum atomic E-state index is -0.555. The molecule has 5 rings (SSSR count). The van der Waals surface area contributed by atoms with Crippen LogP contribution in [0.25, 0.3) is 33.2 Å². The van der Waals surface area contributed by atoms with Crippen molar-refractivity contribution in [1.82, 2.24) is 25.1 Å². The lowest BCUT2D eigenvalue weighted by Crippen LogP contribution is -2.00. The van der Waals surface area contributed by atoms with E-state index in [0.717, 1.165) is 34.3 Å². The van der Waals surface area contributed by atoms with Crippen LogP contribution in [0.3, 0.4) is 0 Å². The lowest BCUT2D eigenvalue weighted by molar-refractivity contribution is 0.112. The molecule has 2 aromatic carbocycles. The first-order valence-corrected chi connectivity index (χ1v) is 8.50. The van der Waals surface area contributed by atoms with Gasteiger partial charge in [-0.3, -0.25) is 9.89 Å². The van der Waals surface area contributed by atoms with E-state index in [4.69, 9.17) is 0 Å². The van der Waals surface area contributed by atoms with Crippen LogP contribution in [0.15, 0.2) is 54.9 Å². The van der Waals surface area contributed by atoms with Gasteiger partial charge in [0.15, 0.2) is 23.7 Å². The zero-order valence-electron chi connectivity index (χ0n) is 14.4. The van der Waals surface area contributed by atoms with E-state index in [0.29, 0.717) is 22.8 Å². The summed E-state index contributed by atoms with van der Waals surface area (Å²) in [6, 6.07) is 12.8. The summed E-state index contributed by atoms with van der Waals surface area (Å²) in [4.78, 5) is 22.4. The number of benzene rings is 2. The Morgan fingerprint density at radius 1 is 1.00 bits per heavy atom. The fourth-order valence-corrected chi connectivity index (χ4v) is 3.10. The van der Waals surface area contributed by atoms with Crippen molar-refractivity contribution in [2.45, 2.75) is 0 Å². The van der Waals surface area contributed by atoms with Gasteiger partial charge in [-0.2, -0.15) is 5.10 Å². The molecule has 0 fully saturated rings. The summed E-state index contributed by atoms with van der Waals surface area (Å²) in [6.45, 7) is 0. The third kappa shape index (κ3) is 2.77. The number of hydrogen-bond donors (Lipinski definition) is 3. The highest BCUT2D eigenvalue weighted by Gasteiger charge is 2.11. The molecule has 0 amide bonds. The molecular weight excluding hydrogens is 359 g/mol. The average molecular weight is 372 g/mol. The van der Waals surface area contributed by atoms with Crippen LogP contribution < -0.4 is 5.32 Å². The van der Waals surface area contributed by atoms with Gasteiger partial charge in [-0.1, -0.05) is 12.1 Å². The van der Waals surface area contributed by atoms with Crippen molar-refractivity contribution in [1.29, 1.82) is 0 Å². The molecule has 0 aliphatic rings. The van der Waals surface area contributed by atoms with E-state index in [9.17, 15) is 9.18 Å². The number of nitrogens with one attached hydrogen (secondary N) is 3. The minimum Gasteiger partial charge on any atom is -0.352 e. The summed E-state index contributed by atoms with van der Waals surface area (Å²) >= 11 is 0. The SMILES string of the molecule is O=Cc1cc2ccc(-c3ncc(F)c(Nc4ccc5[nH]ncc5c4)n3)cc2[nH]1. The van der Waals surface area contributed by atoms with E-state index in [1.54, 1.807) is 12.3 Å². The highest BCUT2D eigenvalue weighted by molar-refractivity contribution is 5.90. The van der Waals surface area contributed by atoms with Crippen molar-refractivity contribution >= 4 is 39.6 Å². The van der Waals surface area contributed by atoms with Gasteiger partial charge in [0.1, 0.15) is 0 Å². The largest absolute Gasteiger partial charge is 0.352 e. The molecule has 0 saturated carbocycles. The third-order valence-electron chi connectivity index (χ3n) is 4.48. The Morgan fingerprint density at radius 2 is 1.93 bits per heavy atom. The topological polar surface area (TPSA) is 99.3 Å². The summed E-state index contributed by atoms with van der Waals surface area (Å²) in [5.74, 6) is -0.106. The van der Waals surface area contributed by atoms with Crippen LogP contribution in [0.5, 0.6) is 0 Å². The molecule has 0 unspecified atom stereocenters. The van der Waals surface area contributed by atoms with Crippen LogP contribution in [0.4, 0.5) is 15.9 Å². The van der Waals surface area contributed by atoms with Crippen LogP contribution >= 0.6 is 0 Å². The van der Waals surface area contributed by atoms with Gasteiger partial charge in [0, 0.05) is 27.5 Å². The first kappa shape index (κ1) is 16.1. The van der Waals surface area contributed by atoms with E-state index in [1.807, 2.05) is 36.4 Å². The summed E-state index contributed by atoms with van der Waals surface area (Å²) < 4.78 is 14.3. The summed E-state index contributed by atoms with van der Waals surface area (Å²) in [7, 11) is 0. The molecular formula is C20H13FN6O. The fraction of sp³-hybridized carbons (Fsp3) is 0. The molecule has 3 N–H and O–H groups in total.